The van der Waals surface area contributed by atoms with Crippen LogP contribution in [-0.2, 0) is 14.2 Å². The first-order valence-electron chi connectivity index (χ1n) is 8.56. The van der Waals surface area contributed by atoms with Gasteiger partial charge in [0, 0.05) is 10.0 Å². The third-order valence-corrected chi connectivity index (χ3v) is 6.02. The van der Waals surface area contributed by atoms with Crippen molar-refractivity contribution in [2.45, 2.75) is 29.8 Å². The van der Waals surface area contributed by atoms with Gasteiger partial charge < -0.3 is 14.2 Å². The molecule has 0 bridgehead atoms. The summed E-state index contributed by atoms with van der Waals surface area (Å²) in [6.07, 6.45) is -2.30. The third-order valence-electron chi connectivity index (χ3n) is 4.40. The zero-order valence-electron chi connectivity index (χ0n) is 15.1. The second-order valence-corrected chi connectivity index (χ2v) is 8.28. The van der Waals surface area contributed by atoms with Crippen LogP contribution in [0, 0.1) is 0 Å². The van der Waals surface area contributed by atoms with E-state index in [2.05, 4.69) is 15.9 Å². The highest BCUT2D eigenvalue weighted by atomic mass is 79.9. The highest BCUT2D eigenvalue weighted by Gasteiger charge is 2.56. The Morgan fingerprint density at radius 1 is 1.03 bits per heavy atom. The van der Waals surface area contributed by atoms with Gasteiger partial charge in [0.25, 0.3) is 0 Å². The van der Waals surface area contributed by atoms with Gasteiger partial charge in [0.1, 0.15) is 12.7 Å². The van der Waals surface area contributed by atoms with Crippen LogP contribution in [0.5, 0.6) is 0 Å². The Hall–Kier alpha value is -1.67. The molecule has 1 saturated heterocycles. The molecule has 1 fully saturated rings. The van der Waals surface area contributed by atoms with Crippen molar-refractivity contribution in [2.75, 3.05) is 6.61 Å². The molecule has 9 heteroatoms. The Morgan fingerprint density at radius 2 is 1.52 bits per heavy atom. The molecule has 154 valence electrons. The summed E-state index contributed by atoms with van der Waals surface area (Å²) in [4.78, 5) is 24.6. The van der Waals surface area contributed by atoms with Gasteiger partial charge in [-0.2, -0.15) is 0 Å². The van der Waals surface area contributed by atoms with E-state index in [0.29, 0.717) is 10.0 Å². The highest BCUT2D eigenvalue weighted by Crippen LogP contribution is 2.40. The third kappa shape index (κ3) is 5.09. The van der Waals surface area contributed by atoms with Crippen molar-refractivity contribution >= 4 is 51.1 Å². The molecule has 0 amide bonds. The molecule has 4 atom stereocenters. The maximum absolute atomic E-state index is 15.1. The molecular formula is C20H16BrCl2FO5. The first kappa shape index (κ1) is 22.0. The molecule has 3 rings (SSSR count). The number of carbonyl (C=O) groups is 2. The smallest absolute Gasteiger partial charge is 0.338 e. The molecule has 2 aromatic rings. The van der Waals surface area contributed by atoms with Crippen molar-refractivity contribution in [3.8, 4) is 0 Å². The molecule has 29 heavy (non-hydrogen) atoms. The lowest BCUT2D eigenvalue weighted by molar-refractivity contribution is -0.0422. The van der Waals surface area contributed by atoms with Gasteiger partial charge in [-0.05, 0) is 55.5 Å². The SMILES string of the molecule is CC1(F)C(Br)OC(COC(=O)c2ccc(Cl)cc2)C1OC(=O)c1ccc(Cl)cc1. The summed E-state index contributed by atoms with van der Waals surface area (Å²) >= 11 is 14.7. The molecule has 1 aliphatic heterocycles. The van der Waals surface area contributed by atoms with Gasteiger partial charge in [0.2, 0.25) is 0 Å². The van der Waals surface area contributed by atoms with Crippen molar-refractivity contribution in [3.63, 3.8) is 0 Å². The summed E-state index contributed by atoms with van der Waals surface area (Å²) in [5, 5.41) is -0.115. The monoisotopic (exact) mass is 504 g/mol. The fourth-order valence-electron chi connectivity index (χ4n) is 2.76. The lowest BCUT2D eigenvalue weighted by Gasteiger charge is -2.25. The molecular weight excluding hydrogens is 490 g/mol. The van der Waals surface area contributed by atoms with Crippen LogP contribution in [0.3, 0.4) is 0 Å². The maximum Gasteiger partial charge on any atom is 0.338 e. The lowest BCUT2D eigenvalue weighted by Crippen LogP contribution is -2.44. The number of alkyl halides is 2. The predicted octanol–water partition coefficient (Wildman–Crippen LogP) is 5.22. The van der Waals surface area contributed by atoms with Crippen LogP contribution in [0.4, 0.5) is 4.39 Å². The topological polar surface area (TPSA) is 61.8 Å². The van der Waals surface area contributed by atoms with Gasteiger partial charge in [0.05, 0.1) is 11.1 Å². The first-order chi connectivity index (χ1) is 13.7. The van der Waals surface area contributed by atoms with Gasteiger partial charge in [-0.15, -0.1) is 0 Å². The second-order valence-electron chi connectivity index (χ2n) is 6.58. The van der Waals surface area contributed by atoms with Crippen LogP contribution in [-0.4, -0.2) is 41.4 Å². The van der Waals surface area contributed by atoms with E-state index in [1.54, 1.807) is 12.1 Å². The fraction of sp³-hybridized carbons (Fsp3) is 0.300. The summed E-state index contributed by atoms with van der Waals surface area (Å²) in [5.41, 5.74) is -1.56. The number of rotatable bonds is 5. The highest BCUT2D eigenvalue weighted by molar-refractivity contribution is 9.09. The largest absolute Gasteiger partial charge is 0.459 e. The van der Waals surface area contributed by atoms with Crippen LogP contribution in [0.15, 0.2) is 48.5 Å². The van der Waals surface area contributed by atoms with E-state index in [-0.39, 0.29) is 17.7 Å². The van der Waals surface area contributed by atoms with E-state index in [9.17, 15) is 9.59 Å². The predicted molar refractivity (Wildman–Crippen MR) is 109 cm³/mol. The summed E-state index contributed by atoms with van der Waals surface area (Å²) in [7, 11) is 0. The second kappa shape index (κ2) is 9.00. The van der Waals surface area contributed by atoms with E-state index in [4.69, 9.17) is 37.4 Å². The Bertz CT molecular complexity index is 889. The van der Waals surface area contributed by atoms with E-state index in [0.717, 1.165) is 0 Å². The Labute approximate surface area is 185 Å². The average molecular weight is 506 g/mol. The average Bonchev–Trinajstić information content (AvgIpc) is 2.90. The minimum atomic E-state index is -2.04. The number of benzene rings is 2. The first-order valence-corrected chi connectivity index (χ1v) is 10.2. The number of ether oxygens (including phenoxy) is 3. The summed E-state index contributed by atoms with van der Waals surface area (Å²) in [6.45, 7) is 0.939. The molecule has 0 aromatic heterocycles. The summed E-state index contributed by atoms with van der Waals surface area (Å²) in [5.74, 6) is -1.37. The molecule has 0 aliphatic carbocycles. The number of esters is 2. The minimum Gasteiger partial charge on any atom is -0.459 e. The molecule has 2 aromatic carbocycles. The van der Waals surface area contributed by atoms with E-state index in [1.807, 2.05) is 0 Å². The zero-order valence-corrected chi connectivity index (χ0v) is 18.2. The van der Waals surface area contributed by atoms with E-state index >= 15 is 4.39 Å². The van der Waals surface area contributed by atoms with Gasteiger partial charge >= 0.3 is 11.9 Å². The molecule has 0 N–H and O–H groups in total. The Kier molecular flexibility index (Phi) is 6.83. The standard InChI is InChI=1S/C20H16BrCl2FO5/c1-20(24)16(29-18(26)12-4-8-14(23)9-5-12)15(28-19(20)21)10-27-17(25)11-2-6-13(22)7-3-11/h2-9,15-16,19H,10H2,1H3. The van der Waals surface area contributed by atoms with Gasteiger partial charge in [-0.25, -0.2) is 14.0 Å². The lowest BCUT2D eigenvalue weighted by atomic mass is 10.0. The molecule has 0 spiro atoms. The Balaban J connectivity index is 1.69. The molecule has 4 unspecified atom stereocenters. The number of hydrogen-bond acceptors (Lipinski definition) is 5. The van der Waals surface area contributed by atoms with Crippen molar-refractivity contribution < 1.29 is 28.2 Å². The molecule has 1 heterocycles. The van der Waals surface area contributed by atoms with Crippen LogP contribution < -0.4 is 0 Å². The quantitative estimate of drug-likeness (QED) is 0.411. The Morgan fingerprint density at radius 3 is 2.03 bits per heavy atom. The normalized spacial score (nSPS) is 26.2. The van der Waals surface area contributed by atoms with Crippen LogP contribution >= 0.6 is 39.1 Å². The van der Waals surface area contributed by atoms with E-state index < -0.39 is 34.8 Å². The van der Waals surface area contributed by atoms with E-state index in [1.165, 1.54) is 43.3 Å². The maximum atomic E-state index is 15.1. The minimum absolute atomic E-state index is 0.208. The number of carbonyl (C=O) groups excluding carboxylic acids is 2. The molecule has 5 nitrogen and oxygen atoms in total. The van der Waals surface area contributed by atoms with Crippen LogP contribution in [0.2, 0.25) is 10.0 Å². The van der Waals surface area contributed by atoms with Gasteiger partial charge in [-0.3, -0.25) is 0 Å². The van der Waals surface area contributed by atoms with Crippen molar-refractivity contribution in [2.24, 2.45) is 0 Å². The number of hydrogen-bond donors (Lipinski definition) is 0. The zero-order chi connectivity index (χ0) is 21.2. The number of halogens is 4. The summed E-state index contributed by atoms with van der Waals surface area (Å²) in [6, 6.07) is 12.1. The van der Waals surface area contributed by atoms with Crippen molar-refractivity contribution in [1.29, 1.82) is 0 Å². The molecule has 1 aliphatic rings. The van der Waals surface area contributed by atoms with Crippen molar-refractivity contribution in [3.05, 3.63) is 69.7 Å². The fourth-order valence-corrected chi connectivity index (χ4v) is 3.55. The molecule has 0 radical (unpaired) electrons. The van der Waals surface area contributed by atoms with Gasteiger partial charge in [0.15, 0.2) is 16.8 Å². The molecule has 0 saturated carbocycles. The van der Waals surface area contributed by atoms with Crippen molar-refractivity contribution in [1.82, 2.24) is 0 Å². The van der Waals surface area contributed by atoms with Crippen LogP contribution in [0.1, 0.15) is 27.6 Å². The van der Waals surface area contributed by atoms with Gasteiger partial charge in [-0.1, -0.05) is 39.1 Å². The van der Waals surface area contributed by atoms with Crippen LogP contribution in [0.25, 0.3) is 0 Å². The summed E-state index contributed by atoms with van der Waals surface area (Å²) < 4.78 is 31.2.